The maximum Gasteiger partial charge on any atom is 0.259 e. The quantitative estimate of drug-likeness (QED) is 0.493. The number of hydrogen-bond acceptors (Lipinski definition) is 3. The number of rotatable bonds is 6. The van der Waals surface area contributed by atoms with Gasteiger partial charge in [-0.3, -0.25) is 4.79 Å². The van der Waals surface area contributed by atoms with E-state index in [1.807, 2.05) is 55.5 Å². The molecular formula is C18H17Br2N3O. The van der Waals surface area contributed by atoms with Crippen molar-refractivity contribution in [2.24, 2.45) is 5.10 Å². The van der Waals surface area contributed by atoms with E-state index < -0.39 is 0 Å². The van der Waals surface area contributed by atoms with Gasteiger partial charge < -0.3 is 5.32 Å². The van der Waals surface area contributed by atoms with E-state index >= 15 is 0 Å². The average molecular weight is 451 g/mol. The minimum Gasteiger partial charge on any atom is -0.376 e. The van der Waals surface area contributed by atoms with E-state index in [1.165, 1.54) is 0 Å². The Morgan fingerprint density at radius 3 is 2.50 bits per heavy atom. The molecule has 0 bridgehead atoms. The number of halogens is 2. The van der Waals surface area contributed by atoms with Crippen molar-refractivity contribution in [1.29, 1.82) is 0 Å². The number of allylic oxidation sites excluding steroid dienone is 1. The van der Waals surface area contributed by atoms with Gasteiger partial charge in [0.15, 0.2) is 0 Å². The third-order valence-corrected chi connectivity index (χ3v) is 4.82. The molecule has 0 aromatic heterocycles. The third-order valence-electron chi connectivity index (χ3n) is 3.17. The Morgan fingerprint density at radius 1 is 1.17 bits per heavy atom. The van der Waals surface area contributed by atoms with E-state index in [4.69, 9.17) is 0 Å². The van der Waals surface area contributed by atoms with E-state index in [2.05, 4.69) is 47.7 Å². The maximum absolute atomic E-state index is 11.8. The van der Waals surface area contributed by atoms with Crippen molar-refractivity contribution < 1.29 is 4.79 Å². The van der Waals surface area contributed by atoms with Gasteiger partial charge in [0, 0.05) is 20.8 Å². The highest BCUT2D eigenvalue weighted by Crippen LogP contribution is 2.28. The monoisotopic (exact) mass is 449 g/mol. The highest BCUT2D eigenvalue weighted by atomic mass is 79.9. The summed E-state index contributed by atoms with van der Waals surface area (Å²) in [5.74, 6) is -0.216. The van der Waals surface area contributed by atoms with Crippen LogP contribution in [0.5, 0.6) is 0 Å². The Balaban J connectivity index is 1.77. The first kappa shape index (κ1) is 18.4. The standard InChI is InChI=1S/C18H17Br2N3O/c1-13-16(19)10-15(11-17(13)20)21-12-18(24)23-22-9-5-8-14-6-3-2-4-7-14/h2-11,21H,12H2,1H3,(H,23,24)/b8-5+,22-9-. The van der Waals surface area contributed by atoms with E-state index in [-0.39, 0.29) is 12.5 Å². The number of carbonyl (C=O) groups excluding carboxylic acids is 1. The summed E-state index contributed by atoms with van der Waals surface area (Å²) in [6, 6.07) is 13.7. The van der Waals surface area contributed by atoms with Crippen LogP contribution < -0.4 is 10.7 Å². The van der Waals surface area contributed by atoms with E-state index in [0.29, 0.717) is 0 Å². The van der Waals surface area contributed by atoms with Gasteiger partial charge in [-0.25, -0.2) is 5.43 Å². The fraction of sp³-hybridized carbons (Fsp3) is 0.111. The summed E-state index contributed by atoms with van der Waals surface area (Å²) in [4.78, 5) is 11.8. The highest BCUT2D eigenvalue weighted by Gasteiger charge is 2.04. The topological polar surface area (TPSA) is 53.5 Å². The van der Waals surface area contributed by atoms with Gasteiger partial charge in [-0.15, -0.1) is 0 Å². The highest BCUT2D eigenvalue weighted by molar-refractivity contribution is 9.11. The number of anilines is 1. The van der Waals surface area contributed by atoms with Crippen LogP contribution >= 0.6 is 31.9 Å². The molecule has 2 rings (SSSR count). The summed E-state index contributed by atoms with van der Waals surface area (Å²) in [6.07, 6.45) is 5.23. The molecule has 0 unspecified atom stereocenters. The summed E-state index contributed by atoms with van der Waals surface area (Å²) in [6.45, 7) is 2.14. The predicted octanol–water partition coefficient (Wildman–Crippen LogP) is 4.75. The number of hydrogen-bond donors (Lipinski definition) is 2. The lowest BCUT2D eigenvalue weighted by atomic mass is 10.2. The summed E-state index contributed by atoms with van der Waals surface area (Å²) < 4.78 is 1.95. The SMILES string of the molecule is Cc1c(Br)cc(NCC(=O)N/N=C\C=C\c2ccccc2)cc1Br. The lowest BCUT2D eigenvalue weighted by Gasteiger charge is -2.09. The van der Waals surface area contributed by atoms with Crippen LogP contribution in [-0.4, -0.2) is 18.7 Å². The largest absolute Gasteiger partial charge is 0.376 e. The van der Waals surface area contributed by atoms with Gasteiger partial charge in [-0.1, -0.05) is 68.3 Å². The summed E-state index contributed by atoms with van der Waals surface area (Å²) in [7, 11) is 0. The van der Waals surface area contributed by atoms with Crippen molar-refractivity contribution in [1.82, 2.24) is 5.43 Å². The molecule has 4 nitrogen and oxygen atoms in total. The van der Waals surface area contributed by atoms with Crippen LogP contribution in [0.2, 0.25) is 0 Å². The van der Waals surface area contributed by atoms with Crippen LogP contribution in [0.4, 0.5) is 5.69 Å². The smallest absolute Gasteiger partial charge is 0.259 e. The fourth-order valence-electron chi connectivity index (χ4n) is 1.84. The average Bonchev–Trinajstić information content (AvgIpc) is 2.58. The fourth-order valence-corrected chi connectivity index (χ4v) is 3.03. The molecule has 2 aromatic rings. The molecule has 0 heterocycles. The van der Waals surface area contributed by atoms with Gasteiger partial charge in [0.25, 0.3) is 5.91 Å². The Hall–Kier alpha value is -1.92. The zero-order valence-corrected chi connectivity index (χ0v) is 16.3. The first-order valence-corrected chi connectivity index (χ1v) is 8.88. The molecule has 0 saturated carbocycles. The Bertz CT molecular complexity index is 735. The van der Waals surface area contributed by atoms with Crippen molar-refractivity contribution in [3.05, 3.63) is 68.6 Å². The Morgan fingerprint density at radius 2 is 1.83 bits per heavy atom. The van der Waals surface area contributed by atoms with Gasteiger partial charge in [0.1, 0.15) is 0 Å². The van der Waals surface area contributed by atoms with E-state index in [1.54, 1.807) is 12.3 Å². The number of nitrogens with zero attached hydrogens (tertiary/aromatic N) is 1. The van der Waals surface area contributed by atoms with Gasteiger partial charge in [-0.2, -0.15) is 5.10 Å². The number of hydrazone groups is 1. The minimum absolute atomic E-state index is 0.141. The second-order valence-corrected chi connectivity index (χ2v) is 6.71. The van der Waals surface area contributed by atoms with Crippen LogP contribution in [0.25, 0.3) is 6.08 Å². The molecule has 124 valence electrons. The zero-order valence-electron chi connectivity index (χ0n) is 13.1. The number of carbonyl (C=O) groups is 1. The second-order valence-electron chi connectivity index (χ2n) is 5.00. The van der Waals surface area contributed by atoms with E-state index in [9.17, 15) is 4.79 Å². The van der Waals surface area contributed by atoms with Crippen molar-refractivity contribution >= 4 is 55.7 Å². The number of nitrogens with one attached hydrogen (secondary N) is 2. The molecule has 0 saturated heterocycles. The van der Waals surface area contributed by atoms with E-state index in [0.717, 1.165) is 25.8 Å². The molecule has 6 heteroatoms. The Labute approximate surface area is 158 Å². The van der Waals surface area contributed by atoms with Gasteiger partial charge >= 0.3 is 0 Å². The number of benzene rings is 2. The summed E-state index contributed by atoms with van der Waals surface area (Å²) in [5, 5.41) is 6.93. The molecule has 2 N–H and O–H groups in total. The molecule has 0 radical (unpaired) electrons. The lowest BCUT2D eigenvalue weighted by molar-refractivity contribution is -0.119. The van der Waals surface area contributed by atoms with Gasteiger partial charge in [0.2, 0.25) is 0 Å². The second kappa shape index (κ2) is 9.39. The van der Waals surface area contributed by atoms with Gasteiger partial charge in [-0.05, 0) is 36.3 Å². The molecule has 2 aromatic carbocycles. The lowest BCUT2D eigenvalue weighted by Crippen LogP contribution is -2.25. The van der Waals surface area contributed by atoms with Crippen LogP contribution in [0.3, 0.4) is 0 Å². The molecule has 0 aliphatic heterocycles. The molecule has 0 spiro atoms. The maximum atomic E-state index is 11.8. The van der Waals surface area contributed by atoms with Crippen molar-refractivity contribution in [3.8, 4) is 0 Å². The van der Waals surface area contributed by atoms with Crippen LogP contribution in [0.15, 0.2) is 62.6 Å². The van der Waals surface area contributed by atoms with Gasteiger partial charge in [0.05, 0.1) is 6.54 Å². The summed E-state index contributed by atoms with van der Waals surface area (Å²) in [5.41, 5.74) is 5.51. The molecule has 24 heavy (non-hydrogen) atoms. The van der Waals surface area contributed by atoms with Crippen molar-refractivity contribution in [3.63, 3.8) is 0 Å². The molecule has 1 amide bonds. The minimum atomic E-state index is -0.216. The normalized spacial score (nSPS) is 11.1. The van der Waals surface area contributed by atoms with Crippen LogP contribution in [0.1, 0.15) is 11.1 Å². The molecule has 0 atom stereocenters. The third kappa shape index (κ3) is 5.94. The molecular weight excluding hydrogens is 434 g/mol. The summed E-state index contributed by atoms with van der Waals surface area (Å²) >= 11 is 6.96. The van der Waals surface area contributed by atoms with Crippen LogP contribution in [-0.2, 0) is 4.79 Å². The van der Waals surface area contributed by atoms with Crippen molar-refractivity contribution in [2.45, 2.75) is 6.92 Å². The Kier molecular flexibility index (Phi) is 7.21. The molecule has 0 fully saturated rings. The molecule has 0 aliphatic carbocycles. The number of amides is 1. The van der Waals surface area contributed by atoms with Crippen molar-refractivity contribution in [2.75, 3.05) is 11.9 Å². The molecule has 0 aliphatic rings. The zero-order chi connectivity index (χ0) is 17.4. The van der Waals surface area contributed by atoms with Crippen LogP contribution in [0, 0.1) is 6.92 Å². The predicted molar refractivity (Wildman–Crippen MR) is 107 cm³/mol. The first-order chi connectivity index (χ1) is 11.6. The first-order valence-electron chi connectivity index (χ1n) is 7.29.